The normalized spacial score (nSPS) is 34.5. The molecule has 13 atom stereocenters. The van der Waals surface area contributed by atoms with Crippen LogP contribution in [0.1, 0.15) is 111 Å². The first-order valence-electron chi connectivity index (χ1n) is 21.9. The molecule has 0 unspecified atom stereocenters. The minimum Gasteiger partial charge on any atom is -0.457 e. The van der Waals surface area contributed by atoms with E-state index in [1.807, 2.05) is 51.1 Å². The Balaban J connectivity index is 1.40. The molecule has 4 N–H and O–H groups in total. The van der Waals surface area contributed by atoms with Crippen molar-refractivity contribution in [2.75, 3.05) is 6.61 Å². The van der Waals surface area contributed by atoms with Gasteiger partial charge >= 0.3 is 24.0 Å². The SMILES string of the molecule is CC(=O)O[C@@]12CO[C@@H]1C[C@@H]1O[C@H](c3ccccc3)O[C@H]3[C@@H](O)C4=C(C)[C@@H](OC(=O)[C@H](O)[C@H](CC(C)C)NC(=O)OC(C)(C)C)C[C@@]4(C(C)(C)O)[C@@H](OC(=O)c4ccccc4)[C@H]2[C@@]13C. The van der Waals surface area contributed by atoms with Gasteiger partial charge in [-0.2, -0.15) is 0 Å². The van der Waals surface area contributed by atoms with E-state index in [2.05, 4.69) is 5.32 Å². The Kier molecular flexibility index (Phi) is 12.5. The predicted molar refractivity (Wildman–Crippen MR) is 226 cm³/mol. The fraction of sp³-hybridized carbons (Fsp3) is 0.625. The van der Waals surface area contributed by atoms with E-state index in [9.17, 15) is 34.5 Å². The van der Waals surface area contributed by atoms with Gasteiger partial charge in [0.25, 0.3) is 0 Å². The number of alkyl carbamates (subject to hydrolysis) is 1. The van der Waals surface area contributed by atoms with Crippen LogP contribution in [0.5, 0.6) is 0 Å². The zero-order valence-corrected chi connectivity index (χ0v) is 37.8. The van der Waals surface area contributed by atoms with Crippen molar-refractivity contribution in [3.63, 3.8) is 0 Å². The van der Waals surface area contributed by atoms with E-state index in [-0.39, 0.29) is 42.9 Å². The summed E-state index contributed by atoms with van der Waals surface area (Å²) in [4.78, 5) is 54.9. The number of benzene rings is 2. The fourth-order valence-corrected chi connectivity index (χ4v) is 11.2. The Morgan fingerprint density at radius 2 is 1.57 bits per heavy atom. The number of carbonyl (C=O) groups is 4. The summed E-state index contributed by atoms with van der Waals surface area (Å²) >= 11 is 0. The summed E-state index contributed by atoms with van der Waals surface area (Å²) in [5.74, 6) is -3.59. The van der Waals surface area contributed by atoms with Gasteiger partial charge in [0.1, 0.15) is 30.0 Å². The summed E-state index contributed by atoms with van der Waals surface area (Å²) in [5.41, 5.74) is -5.85. The van der Waals surface area contributed by atoms with Crippen molar-refractivity contribution in [3.05, 3.63) is 82.9 Å². The molecule has 1 amide bonds. The molecule has 2 heterocycles. The number of aliphatic hydroxyl groups excluding tert-OH is 2. The Bertz CT molecular complexity index is 2080. The molecule has 0 spiro atoms. The number of carbonyl (C=O) groups excluding carboxylic acids is 4. The number of aliphatic hydroxyl groups is 3. The fourth-order valence-electron chi connectivity index (χ4n) is 11.2. The molecule has 15 heteroatoms. The van der Waals surface area contributed by atoms with Crippen LogP contribution in [-0.4, -0.2) is 112 Å². The molecule has 63 heavy (non-hydrogen) atoms. The van der Waals surface area contributed by atoms with E-state index >= 15 is 0 Å². The maximum atomic E-state index is 14.6. The molecule has 0 bridgehead atoms. The quantitative estimate of drug-likeness (QED) is 0.125. The van der Waals surface area contributed by atoms with Gasteiger partial charge in [-0.3, -0.25) is 4.79 Å². The number of hydrogen-bond donors (Lipinski definition) is 4. The summed E-state index contributed by atoms with van der Waals surface area (Å²) in [6.45, 7) is 16.6. The average Bonchev–Trinajstić information content (AvgIpc) is 3.46. The average molecular weight is 878 g/mol. The van der Waals surface area contributed by atoms with Gasteiger partial charge in [-0.15, -0.1) is 0 Å². The molecule has 0 radical (unpaired) electrons. The number of fused-ring (bicyclic) bond motifs is 3. The van der Waals surface area contributed by atoms with Gasteiger partial charge in [0.2, 0.25) is 0 Å². The van der Waals surface area contributed by atoms with E-state index in [0.29, 0.717) is 11.1 Å². The molecular weight excluding hydrogens is 815 g/mol. The molecule has 2 aromatic carbocycles. The lowest BCUT2D eigenvalue weighted by molar-refractivity contribution is -0.401. The Labute approximate surface area is 368 Å². The molecule has 2 saturated heterocycles. The van der Waals surface area contributed by atoms with Crippen molar-refractivity contribution in [2.24, 2.45) is 22.7 Å². The van der Waals surface area contributed by atoms with Crippen LogP contribution in [-0.2, 0) is 42.7 Å². The van der Waals surface area contributed by atoms with Gasteiger partial charge in [-0.05, 0) is 77.2 Å². The highest BCUT2D eigenvalue weighted by Gasteiger charge is 2.80. The number of rotatable bonds is 11. The summed E-state index contributed by atoms with van der Waals surface area (Å²) < 4.78 is 44.7. The minimum atomic E-state index is -1.88. The first kappa shape index (κ1) is 46.6. The largest absolute Gasteiger partial charge is 0.457 e. The highest BCUT2D eigenvalue weighted by molar-refractivity contribution is 5.89. The summed E-state index contributed by atoms with van der Waals surface area (Å²) in [6, 6.07) is 16.4. The van der Waals surface area contributed by atoms with Crippen LogP contribution in [0.2, 0.25) is 0 Å². The van der Waals surface area contributed by atoms with Gasteiger partial charge < -0.3 is 53.8 Å². The van der Waals surface area contributed by atoms with E-state index in [1.54, 1.807) is 58.0 Å². The van der Waals surface area contributed by atoms with Crippen LogP contribution >= 0.6 is 0 Å². The lowest BCUT2D eigenvalue weighted by Crippen LogP contribution is -2.80. The number of ether oxygens (including phenoxy) is 7. The molecule has 15 nitrogen and oxygen atoms in total. The predicted octanol–water partition coefficient (Wildman–Crippen LogP) is 5.49. The topological polar surface area (TPSA) is 206 Å². The van der Waals surface area contributed by atoms with Gasteiger partial charge in [-0.25, -0.2) is 14.4 Å². The van der Waals surface area contributed by atoms with Crippen LogP contribution in [0, 0.1) is 22.7 Å². The molecular formula is C48H63NO14. The number of nitrogens with one attached hydrogen (secondary N) is 1. The van der Waals surface area contributed by atoms with Crippen molar-refractivity contribution in [3.8, 4) is 0 Å². The third kappa shape index (κ3) is 8.18. The highest BCUT2D eigenvalue weighted by Crippen LogP contribution is 2.70. The maximum Gasteiger partial charge on any atom is 0.407 e. The Hall–Kier alpha value is -4.38. The zero-order chi connectivity index (χ0) is 46.0. The minimum absolute atomic E-state index is 0.0697. The van der Waals surface area contributed by atoms with Crippen LogP contribution in [0.15, 0.2) is 71.8 Å². The Morgan fingerprint density at radius 3 is 2.13 bits per heavy atom. The second-order valence-electron chi connectivity index (χ2n) is 20.1. The molecule has 3 aliphatic carbocycles. The highest BCUT2D eigenvalue weighted by atomic mass is 16.7. The maximum absolute atomic E-state index is 14.6. The number of hydrogen-bond acceptors (Lipinski definition) is 14. The molecule has 2 aliphatic heterocycles. The van der Waals surface area contributed by atoms with E-state index in [4.69, 9.17) is 33.2 Å². The first-order chi connectivity index (χ1) is 29.4. The molecule has 5 aliphatic rings. The van der Waals surface area contributed by atoms with Crippen LogP contribution < -0.4 is 5.32 Å². The van der Waals surface area contributed by atoms with Gasteiger partial charge in [-0.1, -0.05) is 69.3 Å². The van der Waals surface area contributed by atoms with Crippen molar-refractivity contribution in [2.45, 2.75) is 160 Å². The van der Waals surface area contributed by atoms with Crippen LogP contribution in [0.4, 0.5) is 4.79 Å². The second-order valence-corrected chi connectivity index (χ2v) is 20.1. The number of esters is 3. The third-order valence-electron chi connectivity index (χ3n) is 13.9. The molecule has 344 valence electrons. The van der Waals surface area contributed by atoms with Crippen LogP contribution in [0.25, 0.3) is 0 Å². The van der Waals surface area contributed by atoms with E-state index in [1.165, 1.54) is 20.8 Å². The van der Waals surface area contributed by atoms with E-state index < -0.39 is 113 Å². The molecule has 0 aromatic heterocycles. The summed E-state index contributed by atoms with van der Waals surface area (Å²) in [7, 11) is 0. The molecule has 7 rings (SSSR count). The lowest BCUT2D eigenvalue weighted by Gasteiger charge is -2.67. The van der Waals surface area contributed by atoms with E-state index in [0.717, 1.165) is 0 Å². The first-order valence-corrected chi connectivity index (χ1v) is 21.9. The zero-order valence-electron chi connectivity index (χ0n) is 37.8. The van der Waals surface area contributed by atoms with Crippen molar-refractivity contribution >= 4 is 24.0 Å². The molecule has 2 saturated carbocycles. The Morgan fingerprint density at radius 1 is 0.937 bits per heavy atom. The molecule has 2 aromatic rings. The lowest BCUT2D eigenvalue weighted by atomic mass is 9.49. The van der Waals surface area contributed by atoms with Gasteiger partial charge in [0.05, 0.1) is 47.4 Å². The van der Waals surface area contributed by atoms with Crippen LogP contribution in [0.3, 0.4) is 0 Å². The monoisotopic (exact) mass is 877 g/mol. The third-order valence-corrected chi connectivity index (χ3v) is 13.9. The van der Waals surface area contributed by atoms with Crippen molar-refractivity contribution in [1.29, 1.82) is 0 Å². The summed E-state index contributed by atoms with van der Waals surface area (Å²) in [6.07, 6.45) is -10.3. The number of amides is 1. The van der Waals surface area contributed by atoms with Gasteiger partial charge in [0, 0.05) is 30.7 Å². The van der Waals surface area contributed by atoms with Crippen molar-refractivity contribution < 1.29 is 67.7 Å². The van der Waals surface area contributed by atoms with Crippen molar-refractivity contribution in [1.82, 2.24) is 5.32 Å². The summed E-state index contributed by atoms with van der Waals surface area (Å²) in [5, 5.41) is 40.3. The smallest absolute Gasteiger partial charge is 0.407 e. The molecule has 4 fully saturated rings. The standard InChI is InChI=1S/C48H63NO14/c1-25(2)21-30(49-43(55)63-44(5,6)7)35(51)41(54)58-31-23-47(45(8,9)56)34(26(31)3)36(52)38-46(10)32(59-42(61-38)29-19-15-12-16-20-29)22-33-48(24-57-33,62-27(4)50)37(46)39(47)60-40(53)28-17-13-11-14-18-28/h11-20,25,30-33,35-39,42,51-52,56H,21-24H2,1-10H3,(H,49,55)/t30-,31-,32-,33+,35+,36-,37-,38-,39-,42-,46+,47-,48-/m0/s1. The van der Waals surface area contributed by atoms with Gasteiger partial charge in [0.15, 0.2) is 18.0 Å². The second kappa shape index (κ2) is 16.9.